The summed E-state index contributed by atoms with van der Waals surface area (Å²) in [6.45, 7) is 6.79. The summed E-state index contributed by atoms with van der Waals surface area (Å²) in [4.78, 5) is 6.77. The first-order valence-corrected chi connectivity index (χ1v) is 7.59. The summed E-state index contributed by atoms with van der Waals surface area (Å²) in [5.74, 6) is 0. The van der Waals surface area contributed by atoms with E-state index in [-0.39, 0.29) is 0 Å². The minimum Gasteiger partial charge on any atom is -0.311 e. The zero-order valence-corrected chi connectivity index (χ0v) is 12.6. The molecule has 0 aromatic carbocycles. The number of likely N-dealkylation sites (tertiary alicyclic amines) is 1. The number of hydrogen-bond acceptors (Lipinski definition) is 3. The first-order chi connectivity index (χ1) is 8.75. The third-order valence-electron chi connectivity index (χ3n) is 3.54. The fourth-order valence-electron chi connectivity index (χ4n) is 2.47. The van der Waals surface area contributed by atoms with Crippen LogP contribution >= 0.6 is 15.9 Å². The molecule has 0 aliphatic carbocycles. The fraction of sp³-hybridized carbons (Fsp3) is 0.643. The number of pyridine rings is 1. The van der Waals surface area contributed by atoms with E-state index in [1.54, 1.807) is 0 Å². The third kappa shape index (κ3) is 4.34. The van der Waals surface area contributed by atoms with Gasteiger partial charge in [-0.3, -0.25) is 9.88 Å². The van der Waals surface area contributed by atoms with E-state index in [0.29, 0.717) is 6.04 Å². The molecular formula is C14H22BrN3. The molecule has 1 fully saturated rings. The Morgan fingerprint density at radius 2 is 2.11 bits per heavy atom. The molecular weight excluding hydrogens is 290 g/mol. The van der Waals surface area contributed by atoms with Gasteiger partial charge in [-0.1, -0.05) is 6.42 Å². The third-order valence-corrected chi connectivity index (χ3v) is 3.98. The maximum atomic E-state index is 4.17. The average molecular weight is 312 g/mol. The molecule has 1 aliphatic heterocycles. The van der Waals surface area contributed by atoms with Gasteiger partial charge < -0.3 is 5.32 Å². The van der Waals surface area contributed by atoms with Crippen LogP contribution in [0.2, 0.25) is 0 Å². The van der Waals surface area contributed by atoms with Gasteiger partial charge in [0.25, 0.3) is 0 Å². The SMILES string of the molecule is CC(CNCc1cncc(Br)c1)N1CCCCC1. The zero-order chi connectivity index (χ0) is 12.8. The molecule has 1 N–H and O–H groups in total. The van der Waals surface area contributed by atoms with Crippen LogP contribution in [0.4, 0.5) is 0 Å². The highest BCUT2D eigenvalue weighted by atomic mass is 79.9. The molecule has 0 amide bonds. The van der Waals surface area contributed by atoms with Gasteiger partial charge in [-0.15, -0.1) is 0 Å². The van der Waals surface area contributed by atoms with Gasteiger partial charge in [-0.2, -0.15) is 0 Å². The van der Waals surface area contributed by atoms with Crippen molar-refractivity contribution < 1.29 is 0 Å². The van der Waals surface area contributed by atoms with E-state index in [9.17, 15) is 0 Å². The molecule has 3 nitrogen and oxygen atoms in total. The molecule has 2 heterocycles. The molecule has 0 radical (unpaired) electrons. The van der Waals surface area contributed by atoms with Crippen LogP contribution < -0.4 is 5.32 Å². The minimum atomic E-state index is 0.630. The predicted molar refractivity (Wildman–Crippen MR) is 78.5 cm³/mol. The van der Waals surface area contributed by atoms with E-state index in [0.717, 1.165) is 17.6 Å². The van der Waals surface area contributed by atoms with Crippen LogP contribution in [-0.4, -0.2) is 35.6 Å². The molecule has 0 saturated carbocycles. The molecule has 2 rings (SSSR count). The number of piperidine rings is 1. The summed E-state index contributed by atoms with van der Waals surface area (Å²) in [6.07, 6.45) is 7.86. The van der Waals surface area contributed by atoms with Crippen molar-refractivity contribution in [2.75, 3.05) is 19.6 Å². The van der Waals surface area contributed by atoms with Crippen molar-refractivity contribution in [1.29, 1.82) is 0 Å². The standard InChI is InChI=1S/C14H22BrN3/c1-12(18-5-3-2-4-6-18)8-16-9-13-7-14(15)11-17-10-13/h7,10-12,16H,2-6,8-9H2,1H3. The number of nitrogens with zero attached hydrogens (tertiary/aromatic N) is 2. The highest BCUT2D eigenvalue weighted by Gasteiger charge is 2.15. The van der Waals surface area contributed by atoms with Crippen molar-refractivity contribution >= 4 is 15.9 Å². The van der Waals surface area contributed by atoms with Gasteiger partial charge in [0.15, 0.2) is 0 Å². The summed E-state index contributed by atoms with van der Waals surface area (Å²) in [5, 5.41) is 3.52. The van der Waals surface area contributed by atoms with Gasteiger partial charge in [0.1, 0.15) is 0 Å². The molecule has 4 heteroatoms. The molecule has 18 heavy (non-hydrogen) atoms. The van der Waals surface area contributed by atoms with E-state index in [1.807, 2.05) is 12.4 Å². The second-order valence-electron chi connectivity index (χ2n) is 5.09. The lowest BCUT2D eigenvalue weighted by molar-refractivity contribution is 0.170. The summed E-state index contributed by atoms with van der Waals surface area (Å²) < 4.78 is 1.05. The molecule has 1 unspecified atom stereocenters. The van der Waals surface area contributed by atoms with Gasteiger partial charge in [0.2, 0.25) is 0 Å². The van der Waals surface area contributed by atoms with Gasteiger partial charge in [0.05, 0.1) is 0 Å². The van der Waals surface area contributed by atoms with Crippen LogP contribution in [0, 0.1) is 0 Å². The fourth-order valence-corrected chi connectivity index (χ4v) is 2.88. The monoisotopic (exact) mass is 311 g/mol. The molecule has 1 aromatic heterocycles. The second-order valence-corrected chi connectivity index (χ2v) is 6.00. The van der Waals surface area contributed by atoms with E-state index in [2.05, 4.69) is 44.1 Å². The highest BCUT2D eigenvalue weighted by molar-refractivity contribution is 9.10. The lowest BCUT2D eigenvalue weighted by Gasteiger charge is -2.32. The maximum Gasteiger partial charge on any atom is 0.0410 e. The number of aromatic nitrogens is 1. The van der Waals surface area contributed by atoms with Crippen LogP contribution in [0.15, 0.2) is 22.9 Å². The molecule has 0 bridgehead atoms. The summed E-state index contributed by atoms with van der Waals surface area (Å²) >= 11 is 3.45. The van der Waals surface area contributed by atoms with Crippen LogP contribution in [-0.2, 0) is 6.54 Å². The quantitative estimate of drug-likeness (QED) is 0.906. The first-order valence-electron chi connectivity index (χ1n) is 6.80. The largest absolute Gasteiger partial charge is 0.311 e. The van der Waals surface area contributed by atoms with Gasteiger partial charge in [-0.25, -0.2) is 0 Å². The van der Waals surface area contributed by atoms with Crippen molar-refractivity contribution in [2.24, 2.45) is 0 Å². The van der Waals surface area contributed by atoms with Crippen molar-refractivity contribution in [1.82, 2.24) is 15.2 Å². The molecule has 100 valence electrons. The first kappa shape index (κ1) is 14.0. The van der Waals surface area contributed by atoms with E-state index in [1.165, 1.54) is 37.9 Å². The molecule has 1 aromatic rings. The van der Waals surface area contributed by atoms with Crippen LogP contribution in [0.25, 0.3) is 0 Å². The summed E-state index contributed by atoms with van der Waals surface area (Å²) in [6, 6.07) is 2.75. The lowest BCUT2D eigenvalue weighted by atomic mass is 10.1. The van der Waals surface area contributed by atoms with Crippen molar-refractivity contribution in [2.45, 2.75) is 38.8 Å². The average Bonchev–Trinajstić information content (AvgIpc) is 2.40. The zero-order valence-electron chi connectivity index (χ0n) is 11.0. The Kier molecular flexibility index (Phi) is 5.60. The van der Waals surface area contributed by atoms with Crippen LogP contribution in [0.1, 0.15) is 31.7 Å². The van der Waals surface area contributed by atoms with Gasteiger partial charge in [0, 0.05) is 36.0 Å². The number of halogens is 1. The minimum absolute atomic E-state index is 0.630. The Bertz CT molecular complexity index is 364. The van der Waals surface area contributed by atoms with Crippen LogP contribution in [0.3, 0.4) is 0 Å². The number of hydrogen-bond donors (Lipinski definition) is 1. The Labute approximate surface area is 118 Å². The van der Waals surface area contributed by atoms with Crippen molar-refractivity contribution in [3.8, 4) is 0 Å². The second kappa shape index (κ2) is 7.22. The maximum absolute atomic E-state index is 4.17. The Balaban J connectivity index is 1.71. The number of rotatable bonds is 5. The van der Waals surface area contributed by atoms with Crippen molar-refractivity contribution in [3.63, 3.8) is 0 Å². The lowest BCUT2D eigenvalue weighted by Crippen LogP contribution is -2.42. The smallest absolute Gasteiger partial charge is 0.0410 e. The normalized spacial score (nSPS) is 18.8. The summed E-state index contributed by atoms with van der Waals surface area (Å²) in [5.41, 5.74) is 1.23. The summed E-state index contributed by atoms with van der Waals surface area (Å²) in [7, 11) is 0. The van der Waals surface area contributed by atoms with Gasteiger partial charge in [-0.05, 0) is 60.4 Å². The predicted octanol–water partition coefficient (Wildman–Crippen LogP) is 2.81. The Hall–Kier alpha value is -0.450. The van der Waals surface area contributed by atoms with E-state index >= 15 is 0 Å². The van der Waals surface area contributed by atoms with Crippen molar-refractivity contribution in [3.05, 3.63) is 28.5 Å². The van der Waals surface area contributed by atoms with E-state index < -0.39 is 0 Å². The Morgan fingerprint density at radius 3 is 2.83 bits per heavy atom. The van der Waals surface area contributed by atoms with Gasteiger partial charge >= 0.3 is 0 Å². The molecule has 0 spiro atoms. The molecule has 1 atom stereocenters. The Morgan fingerprint density at radius 1 is 1.33 bits per heavy atom. The van der Waals surface area contributed by atoms with Crippen LogP contribution in [0.5, 0.6) is 0 Å². The topological polar surface area (TPSA) is 28.2 Å². The molecule has 1 aliphatic rings. The van der Waals surface area contributed by atoms with E-state index in [4.69, 9.17) is 0 Å². The molecule has 1 saturated heterocycles. The number of nitrogens with one attached hydrogen (secondary N) is 1. The highest BCUT2D eigenvalue weighted by Crippen LogP contribution is 2.12.